The summed E-state index contributed by atoms with van der Waals surface area (Å²) in [4.78, 5) is 3.98. The van der Waals surface area contributed by atoms with Crippen molar-refractivity contribution in [3.8, 4) is 23.0 Å². The van der Waals surface area contributed by atoms with E-state index in [1.54, 1.807) is 6.20 Å². The lowest BCUT2D eigenvalue weighted by Gasteiger charge is -2.37. The molecule has 3 aliphatic carbocycles. The molecule has 1 heterocycles. The third-order valence-corrected chi connectivity index (χ3v) is 8.54. The number of pyridine rings is 1. The number of hydrogen-bond acceptors (Lipinski definition) is 1. The van der Waals surface area contributed by atoms with Gasteiger partial charge < -0.3 is 0 Å². The molecular formula is C41H41N. The van der Waals surface area contributed by atoms with E-state index in [1.165, 1.54) is 60.9 Å². The molecule has 0 saturated heterocycles. The predicted molar refractivity (Wildman–Crippen MR) is 181 cm³/mol. The third kappa shape index (κ3) is 5.19. The first-order valence-corrected chi connectivity index (χ1v) is 15.2. The highest BCUT2D eigenvalue weighted by atomic mass is 14.6. The molecule has 0 saturated carbocycles. The molecule has 1 unspecified atom stereocenters. The van der Waals surface area contributed by atoms with Gasteiger partial charge in [0.05, 0.1) is 5.92 Å². The molecule has 0 amide bonds. The summed E-state index contributed by atoms with van der Waals surface area (Å²) >= 11 is 0. The van der Waals surface area contributed by atoms with E-state index in [1.807, 2.05) is 39.0 Å². The second kappa shape index (κ2) is 12.2. The van der Waals surface area contributed by atoms with Crippen LogP contribution in [0.4, 0.5) is 0 Å². The minimum absolute atomic E-state index is 0.0208. The molecule has 1 heteroatoms. The van der Waals surface area contributed by atoms with E-state index < -0.39 is 0 Å². The lowest BCUT2D eigenvalue weighted by Crippen LogP contribution is -2.24. The number of benzene rings is 3. The van der Waals surface area contributed by atoms with Gasteiger partial charge in [-0.05, 0) is 99.8 Å². The Morgan fingerprint density at radius 1 is 0.833 bits per heavy atom. The van der Waals surface area contributed by atoms with Crippen molar-refractivity contribution in [3.05, 3.63) is 142 Å². The molecule has 0 radical (unpaired) electrons. The van der Waals surface area contributed by atoms with Crippen LogP contribution in [0.25, 0.3) is 27.5 Å². The fraction of sp³-hybridized carbons (Fsp3) is 0.244. The molecule has 0 bridgehead atoms. The van der Waals surface area contributed by atoms with E-state index in [2.05, 4.69) is 123 Å². The van der Waals surface area contributed by atoms with Gasteiger partial charge in [0.2, 0.25) is 0 Å². The van der Waals surface area contributed by atoms with Gasteiger partial charge in [-0.25, -0.2) is 0 Å². The van der Waals surface area contributed by atoms with Gasteiger partial charge in [0, 0.05) is 23.7 Å². The molecule has 1 aromatic heterocycles. The van der Waals surface area contributed by atoms with Gasteiger partial charge in [-0.15, -0.1) is 0 Å². The normalized spacial score (nSPS) is 19.1. The lowest BCUT2D eigenvalue weighted by atomic mass is 9.66. The van der Waals surface area contributed by atoms with Crippen molar-refractivity contribution < 1.29 is 0 Å². The van der Waals surface area contributed by atoms with Crippen molar-refractivity contribution in [2.45, 2.75) is 60.3 Å². The van der Waals surface area contributed by atoms with Crippen molar-refractivity contribution in [2.75, 3.05) is 0 Å². The highest BCUT2D eigenvalue weighted by Crippen LogP contribution is 2.52. The lowest BCUT2D eigenvalue weighted by molar-refractivity contribution is 0.645. The summed E-state index contributed by atoms with van der Waals surface area (Å²) in [6, 6.07) is 24.1. The van der Waals surface area contributed by atoms with E-state index in [0.717, 1.165) is 12.1 Å². The number of hydrogen-bond donors (Lipinski definition) is 0. The summed E-state index contributed by atoms with van der Waals surface area (Å²) in [5.41, 5.74) is 13.3. The predicted octanol–water partition coefficient (Wildman–Crippen LogP) is 10.7. The maximum atomic E-state index is 3.98. The molecular weight excluding hydrogens is 506 g/mol. The fourth-order valence-electron chi connectivity index (χ4n) is 6.48. The van der Waals surface area contributed by atoms with Crippen molar-refractivity contribution >= 4 is 16.3 Å². The van der Waals surface area contributed by atoms with E-state index in [0.29, 0.717) is 0 Å². The van der Waals surface area contributed by atoms with Crippen LogP contribution in [0.5, 0.6) is 0 Å². The number of aromatic nitrogens is 1. The molecule has 0 N–H and O–H groups in total. The molecule has 0 spiro atoms. The fourth-order valence-corrected chi connectivity index (χ4v) is 6.48. The highest BCUT2D eigenvalue weighted by Gasteiger charge is 2.35. The van der Waals surface area contributed by atoms with Gasteiger partial charge in [0.1, 0.15) is 0 Å². The molecule has 4 aromatic rings. The molecule has 7 rings (SSSR count). The Labute approximate surface area is 252 Å². The van der Waals surface area contributed by atoms with Crippen LogP contribution in [-0.4, -0.2) is 4.98 Å². The average Bonchev–Trinajstić information content (AvgIpc) is 2.99. The van der Waals surface area contributed by atoms with Crippen molar-refractivity contribution in [1.29, 1.82) is 0 Å². The summed E-state index contributed by atoms with van der Waals surface area (Å²) in [5, 5.41) is 2.74. The minimum Gasteiger partial charge on any atom is -0.262 e. The largest absolute Gasteiger partial charge is 0.262 e. The van der Waals surface area contributed by atoms with Crippen LogP contribution in [0.15, 0.2) is 114 Å². The maximum absolute atomic E-state index is 3.98. The van der Waals surface area contributed by atoms with Crippen LogP contribution >= 0.6 is 0 Å². The van der Waals surface area contributed by atoms with Crippen LogP contribution in [0.3, 0.4) is 0 Å². The average molecular weight is 548 g/mol. The molecule has 210 valence electrons. The standard InChI is InChI=1S/C33H28.C6H7N.C2H6/c1-21-18-19-23-12-7-5-6-8-14-25(23)30(21)27-20-24-13-11-17-29-32(24)31(22(27)2)26-15-9-10-16-28(26)33(29,3)4;1-6-4-2-3-5-7-6;1-2/h5,7,9-13,15-20,25H,6H2,1-4H3;2-5H,1H3;1-2H3/b7-5-,23-12-;;. The summed E-state index contributed by atoms with van der Waals surface area (Å²) in [6.45, 7) is 15.2. The number of aryl methyl sites for hydroxylation is 1. The first-order valence-electron chi connectivity index (χ1n) is 15.2. The van der Waals surface area contributed by atoms with Crippen molar-refractivity contribution in [1.82, 2.24) is 4.98 Å². The first-order chi connectivity index (χ1) is 20.4. The zero-order valence-electron chi connectivity index (χ0n) is 26.0. The maximum Gasteiger partial charge on any atom is 0.0710 e. The monoisotopic (exact) mass is 547 g/mol. The molecule has 42 heavy (non-hydrogen) atoms. The smallest absolute Gasteiger partial charge is 0.0710 e. The van der Waals surface area contributed by atoms with Crippen LogP contribution in [0.1, 0.15) is 69.0 Å². The molecule has 0 fully saturated rings. The van der Waals surface area contributed by atoms with Crippen LogP contribution in [0, 0.1) is 31.6 Å². The van der Waals surface area contributed by atoms with E-state index in [-0.39, 0.29) is 11.3 Å². The third-order valence-electron chi connectivity index (χ3n) is 8.54. The number of rotatable bonds is 1. The number of fused-ring (bicyclic) bond motifs is 3. The molecule has 3 aromatic carbocycles. The number of nitrogens with zero attached hydrogens (tertiary/aromatic N) is 1. The quantitative estimate of drug-likeness (QED) is 0.216. The Balaban J connectivity index is 0.000000341. The Bertz CT molecular complexity index is 1810. The molecule has 1 atom stereocenters. The van der Waals surface area contributed by atoms with Gasteiger partial charge in [0.25, 0.3) is 0 Å². The Morgan fingerprint density at radius 2 is 1.60 bits per heavy atom. The second-order valence-electron chi connectivity index (χ2n) is 11.5. The highest BCUT2D eigenvalue weighted by molar-refractivity contribution is 6.07. The Morgan fingerprint density at radius 3 is 2.33 bits per heavy atom. The van der Waals surface area contributed by atoms with Crippen molar-refractivity contribution in [3.63, 3.8) is 0 Å². The van der Waals surface area contributed by atoms with Gasteiger partial charge in [0.15, 0.2) is 0 Å². The van der Waals surface area contributed by atoms with Gasteiger partial charge in [-0.3, -0.25) is 4.98 Å². The second-order valence-corrected chi connectivity index (χ2v) is 11.5. The van der Waals surface area contributed by atoms with E-state index in [9.17, 15) is 0 Å². The van der Waals surface area contributed by atoms with E-state index >= 15 is 0 Å². The molecule has 1 nitrogen and oxygen atoms in total. The SMILES string of the molecule is CC.CC1=C(c2cc3cccc4c3c(c2C)-c2ccccc2C4(C)C)C2C#CC/C=C\C=C/2C=C1.Cc1ccccn1. The zero-order chi connectivity index (χ0) is 29.9. The van der Waals surface area contributed by atoms with E-state index in [4.69, 9.17) is 0 Å². The summed E-state index contributed by atoms with van der Waals surface area (Å²) < 4.78 is 0. The topological polar surface area (TPSA) is 12.9 Å². The molecule has 0 aliphatic heterocycles. The Kier molecular flexibility index (Phi) is 8.46. The van der Waals surface area contributed by atoms with Gasteiger partial charge in [-0.2, -0.15) is 0 Å². The Hall–Kier alpha value is -4.41. The summed E-state index contributed by atoms with van der Waals surface area (Å²) in [5.74, 6) is 7.10. The zero-order valence-corrected chi connectivity index (χ0v) is 26.0. The van der Waals surface area contributed by atoms with Gasteiger partial charge in [-0.1, -0.05) is 118 Å². The summed E-state index contributed by atoms with van der Waals surface area (Å²) in [7, 11) is 0. The van der Waals surface area contributed by atoms with Crippen LogP contribution in [0.2, 0.25) is 0 Å². The first kappa shape index (κ1) is 29.1. The van der Waals surface area contributed by atoms with Gasteiger partial charge >= 0.3 is 0 Å². The number of allylic oxidation sites excluding steroid dienone is 8. The minimum atomic E-state index is -0.0208. The van der Waals surface area contributed by atoms with Crippen molar-refractivity contribution in [2.24, 2.45) is 5.92 Å². The van der Waals surface area contributed by atoms with Crippen LogP contribution < -0.4 is 0 Å². The van der Waals surface area contributed by atoms with Crippen LogP contribution in [-0.2, 0) is 5.41 Å². The molecule has 3 aliphatic rings. The summed E-state index contributed by atoms with van der Waals surface area (Å²) in [6.07, 6.45) is 13.6.